The largest absolute Gasteiger partial charge is 0.383 e. The smallest absolute Gasteiger partial charge is 0.191 e. The van der Waals surface area contributed by atoms with Crippen molar-refractivity contribution >= 4 is 5.96 Å². The molecule has 1 aromatic rings. The maximum atomic E-state index is 5.11. The molecule has 4 nitrogen and oxygen atoms in total. The second-order valence-electron chi connectivity index (χ2n) is 5.08. The summed E-state index contributed by atoms with van der Waals surface area (Å²) in [4.78, 5) is 4.26. The molecule has 1 saturated carbocycles. The van der Waals surface area contributed by atoms with Gasteiger partial charge in [-0.25, -0.2) is 0 Å². The van der Waals surface area contributed by atoms with E-state index in [9.17, 15) is 0 Å². The lowest BCUT2D eigenvalue weighted by Crippen LogP contribution is -2.45. The van der Waals surface area contributed by atoms with Crippen molar-refractivity contribution in [2.45, 2.75) is 31.3 Å². The van der Waals surface area contributed by atoms with Crippen LogP contribution in [0.3, 0.4) is 0 Å². The molecule has 0 aliphatic heterocycles. The highest BCUT2D eigenvalue weighted by atomic mass is 16.5. The van der Waals surface area contributed by atoms with E-state index < -0.39 is 0 Å². The molecule has 0 radical (unpaired) electrons. The van der Waals surface area contributed by atoms with Gasteiger partial charge in [-0.2, -0.15) is 0 Å². The van der Waals surface area contributed by atoms with Crippen molar-refractivity contribution in [1.29, 1.82) is 0 Å². The summed E-state index contributed by atoms with van der Waals surface area (Å²) in [6, 6.07) is 11.4. The predicted molar refractivity (Wildman–Crippen MR) is 78.6 cm³/mol. The zero-order valence-electron chi connectivity index (χ0n) is 11.9. The number of hydrogen-bond acceptors (Lipinski definition) is 2. The van der Waals surface area contributed by atoms with Gasteiger partial charge >= 0.3 is 0 Å². The topological polar surface area (TPSA) is 45.7 Å². The van der Waals surface area contributed by atoms with Gasteiger partial charge in [-0.1, -0.05) is 30.3 Å². The monoisotopic (exact) mass is 261 g/mol. The zero-order valence-corrected chi connectivity index (χ0v) is 11.9. The van der Waals surface area contributed by atoms with Crippen LogP contribution in [0.2, 0.25) is 0 Å². The SMILES string of the molecule is CN=C(NC(C)COC)NC1CC1c1ccccc1. The number of aliphatic imine (C=N–C) groups is 1. The van der Waals surface area contributed by atoms with E-state index in [4.69, 9.17) is 4.74 Å². The Kier molecular flexibility index (Phi) is 4.80. The fourth-order valence-corrected chi connectivity index (χ4v) is 2.29. The second-order valence-corrected chi connectivity index (χ2v) is 5.08. The highest BCUT2D eigenvalue weighted by molar-refractivity contribution is 5.80. The van der Waals surface area contributed by atoms with E-state index >= 15 is 0 Å². The predicted octanol–water partition coefficient (Wildman–Crippen LogP) is 1.74. The first-order chi connectivity index (χ1) is 9.24. The van der Waals surface area contributed by atoms with Crippen molar-refractivity contribution in [1.82, 2.24) is 10.6 Å². The summed E-state index contributed by atoms with van der Waals surface area (Å²) in [7, 11) is 3.51. The van der Waals surface area contributed by atoms with Crippen LogP contribution in [-0.2, 0) is 4.74 Å². The molecule has 3 unspecified atom stereocenters. The van der Waals surface area contributed by atoms with Crippen LogP contribution in [0.15, 0.2) is 35.3 Å². The van der Waals surface area contributed by atoms with Gasteiger partial charge in [0, 0.05) is 32.2 Å². The van der Waals surface area contributed by atoms with Crippen LogP contribution in [0.25, 0.3) is 0 Å². The van der Waals surface area contributed by atoms with E-state index in [1.807, 2.05) is 0 Å². The van der Waals surface area contributed by atoms with Gasteiger partial charge in [0.05, 0.1) is 6.61 Å². The molecule has 0 bridgehead atoms. The molecule has 1 aliphatic carbocycles. The molecule has 1 aromatic carbocycles. The van der Waals surface area contributed by atoms with Gasteiger partial charge in [-0.3, -0.25) is 4.99 Å². The maximum absolute atomic E-state index is 5.11. The van der Waals surface area contributed by atoms with Crippen molar-refractivity contribution < 1.29 is 4.74 Å². The van der Waals surface area contributed by atoms with Crippen LogP contribution in [0, 0.1) is 0 Å². The minimum absolute atomic E-state index is 0.255. The molecule has 0 amide bonds. The van der Waals surface area contributed by atoms with Crippen LogP contribution < -0.4 is 10.6 Å². The second kappa shape index (κ2) is 6.57. The summed E-state index contributed by atoms with van der Waals surface area (Å²) >= 11 is 0. The van der Waals surface area contributed by atoms with Crippen molar-refractivity contribution in [3.63, 3.8) is 0 Å². The molecule has 0 saturated heterocycles. The minimum Gasteiger partial charge on any atom is -0.383 e. The van der Waals surface area contributed by atoms with Crippen LogP contribution in [0.4, 0.5) is 0 Å². The third-order valence-corrected chi connectivity index (χ3v) is 3.36. The molecule has 4 heteroatoms. The van der Waals surface area contributed by atoms with Crippen LogP contribution >= 0.6 is 0 Å². The van der Waals surface area contributed by atoms with Crippen molar-refractivity contribution in [2.75, 3.05) is 20.8 Å². The van der Waals surface area contributed by atoms with E-state index in [0.29, 0.717) is 18.6 Å². The number of nitrogens with zero attached hydrogens (tertiary/aromatic N) is 1. The van der Waals surface area contributed by atoms with E-state index in [1.165, 1.54) is 12.0 Å². The molecule has 1 fully saturated rings. The van der Waals surface area contributed by atoms with E-state index in [0.717, 1.165) is 5.96 Å². The van der Waals surface area contributed by atoms with Crippen molar-refractivity contribution in [3.8, 4) is 0 Å². The molecule has 2 N–H and O–H groups in total. The Morgan fingerprint density at radius 2 is 2.16 bits per heavy atom. The molecule has 3 atom stereocenters. The average molecular weight is 261 g/mol. The molecule has 1 aliphatic rings. The number of methoxy groups -OCH3 is 1. The zero-order chi connectivity index (χ0) is 13.7. The summed E-state index contributed by atoms with van der Waals surface area (Å²) in [6.45, 7) is 2.76. The van der Waals surface area contributed by atoms with Gasteiger partial charge < -0.3 is 15.4 Å². The molecular formula is C15H23N3O. The van der Waals surface area contributed by atoms with Crippen molar-refractivity contribution in [3.05, 3.63) is 35.9 Å². The minimum atomic E-state index is 0.255. The van der Waals surface area contributed by atoms with Gasteiger partial charge in [-0.05, 0) is 18.9 Å². The number of hydrogen-bond donors (Lipinski definition) is 2. The van der Waals surface area contributed by atoms with Gasteiger partial charge in [0.25, 0.3) is 0 Å². The summed E-state index contributed by atoms with van der Waals surface area (Å²) in [5, 5.41) is 6.79. The van der Waals surface area contributed by atoms with Gasteiger partial charge in [0.15, 0.2) is 5.96 Å². The number of rotatable bonds is 5. The molecule has 104 valence electrons. The highest BCUT2D eigenvalue weighted by Crippen LogP contribution is 2.40. The fourth-order valence-electron chi connectivity index (χ4n) is 2.29. The Hall–Kier alpha value is -1.55. The number of nitrogens with one attached hydrogen (secondary N) is 2. The summed E-state index contributed by atoms with van der Waals surface area (Å²) < 4.78 is 5.11. The number of guanidine groups is 1. The Labute approximate surface area is 115 Å². The molecule has 0 spiro atoms. The quantitative estimate of drug-likeness (QED) is 0.627. The standard InChI is InChI=1S/C15H23N3O/c1-11(10-19-3)17-15(16-2)18-14-9-13(14)12-7-5-4-6-8-12/h4-8,11,13-14H,9-10H2,1-3H3,(H2,16,17,18). The Bertz CT molecular complexity index is 419. The van der Waals surface area contributed by atoms with Crippen LogP contribution in [0.5, 0.6) is 0 Å². The van der Waals surface area contributed by atoms with Gasteiger partial charge in [0.2, 0.25) is 0 Å². The van der Waals surface area contributed by atoms with E-state index in [1.54, 1.807) is 14.2 Å². The lowest BCUT2D eigenvalue weighted by Gasteiger charge is -2.17. The van der Waals surface area contributed by atoms with Crippen molar-refractivity contribution in [2.24, 2.45) is 4.99 Å². The average Bonchev–Trinajstić information content (AvgIpc) is 3.18. The first-order valence-electron chi connectivity index (χ1n) is 6.78. The lowest BCUT2D eigenvalue weighted by molar-refractivity contribution is 0.179. The first kappa shape index (κ1) is 13.9. The fraction of sp³-hybridized carbons (Fsp3) is 0.533. The van der Waals surface area contributed by atoms with E-state index in [2.05, 4.69) is 52.9 Å². The van der Waals surface area contributed by atoms with E-state index in [-0.39, 0.29) is 6.04 Å². The van der Waals surface area contributed by atoms with Gasteiger partial charge in [0.1, 0.15) is 0 Å². The Morgan fingerprint density at radius 1 is 1.42 bits per heavy atom. The summed E-state index contributed by atoms with van der Waals surface area (Å²) in [6.07, 6.45) is 1.17. The summed E-state index contributed by atoms with van der Waals surface area (Å²) in [5.41, 5.74) is 1.40. The normalized spacial score (nSPS) is 23.8. The Morgan fingerprint density at radius 3 is 2.79 bits per heavy atom. The van der Waals surface area contributed by atoms with Gasteiger partial charge in [-0.15, -0.1) is 0 Å². The number of ether oxygens (including phenoxy) is 1. The van der Waals surface area contributed by atoms with Crippen LogP contribution in [-0.4, -0.2) is 38.8 Å². The molecule has 19 heavy (non-hydrogen) atoms. The Balaban J connectivity index is 1.82. The molecule has 0 aromatic heterocycles. The lowest BCUT2D eigenvalue weighted by atomic mass is 10.1. The summed E-state index contributed by atoms with van der Waals surface area (Å²) in [5.74, 6) is 1.46. The molecule has 0 heterocycles. The van der Waals surface area contributed by atoms with Crippen LogP contribution in [0.1, 0.15) is 24.8 Å². The third kappa shape index (κ3) is 3.96. The highest BCUT2D eigenvalue weighted by Gasteiger charge is 2.38. The third-order valence-electron chi connectivity index (χ3n) is 3.36. The molecular weight excluding hydrogens is 238 g/mol. The first-order valence-corrected chi connectivity index (χ1v) is 6.78. The number of benzene rings is 1. The maximum Gasteiger partial charge on any atom is 0.191 e. The molecule has 2 rings (SSSR count).